The minimum atomic E-state index is -3.66. The van der Waals surface area contributed by atoms with Crippen molar-refractivity contribution in [2.45, 2.75) is 49.3 Å². The molecule has 0 N–H and O–H groups in total. The molecule has 172 valence electrons. The highest BCUT2D eigenvalue weighted by molar-refractivity contribution is 7.90. The lowest BCUT2D eigenvalue weighted by atomic mass is 10.00. The van der Waals surface area contributed by atoms with Gasteiger partial charge in [0, 0.05) is 18.7 Å². The molecule has 2 aromatic heterocycles. The molecule has 1 aliphatic heterocycles. The van der Waals surface area contributed by atoms with Gasteiger partial charge in [0.05, 0.1) is 22.2 Å². The quantitative estimate of drug-likeness (QED) is 0.439. The second-order valence-electron chi connectivity index (χ2n) is 9.28. The van der Waals surface area contributed by atoms with E-state index in [1.165, 1.54) is 24.8 Å². The first-order valence-electron chi connectivity index (χ1n) is 11.6. The van der Waals surface area contributed by atoms with Gasteiger partial charge in [-0.05, 0) is 67.3 Å². The third kappa shape index (κ3) is 4.92. The van der Waals surface area contributed by atoms with Crippen LogP contribution in [0.3, 0.4) is 0 Å². The Balaban J connectivity index is 1.43. The number of halogens is 1. The van der Waals surface area contributed by atoms with Gasteiger partial charge >= 0.3 is 0 Å². The van der Waals surface area contributed by atoms with Crippen LogP contribution in [0.5, 0.6) is 0 Å². The van der Waals surface area contributed by atoms with E-state index in [1.54, 1.807) is 24.3 Å². The molecule has 0 amide bonds. The lowest BCUT2D eigenvalue weighted by molar-refractivity contribution is 0.444. The van der Waals surface area contributed by atoms with E-state index in [4.69, 9.17) is 16.6 Å². The molecule has 5 nitrogen and oxygen atoms in total. The van der Waals surface area contributed by atoms with Crippen LogP contribution in [0.4, 0.5) is 5.82 Å². The summed E-state index contributed by atoms with van der Waals surface area (Å²) in [5.74, 6) is 1.63. The molecule has 3 aromatic rings. The van der Waals surface area contributed by atoms with Crippen LogP contribution in [0.2, 0.25) is 5.02 Å². The van der Waals surface area contributed by atoms with Crippen molar-refractivity contribution < 1.29 is 8.42 Å². The number of nitrogens with zero attached hydrogens (tertiary/aromatic N) is 3. The summed E-state index contributed by atoms with van der Waals surface area (Å²) in [6, 6.07) is 16.8. The molecule has 2 aliphatic rings. The molecule has 1 aliphatic carbocycles. The average molecular weight is 482 g/mol. The van der Waals surface area contributed by atoms with Crippen molar-refractivity contribution >= 4 is 27.3 Å². The Morgan fingerprint density at radius 2 is 1.82 bits per heavy atom. The molecule has 0 spiro atoms. The first kappa shape index (κ1) is 22.4. The Morgan fingerprint density at radius 1 is 1.00 bits per heavy atom. The van der Waals surface area contributed by atoms with Crippen LogP contribution in [-0.2, 0) is 15.6 Å². The van der Waals surface area contributed by atoms with Gasteiger partial charge in [-0.2, -0.15) is 0 Å². The van der Waals surface area contributed by atoms with E-state index >= 15 is 0 Å². The fourth-order valence-electron chi connectivity index (χ4n) is 4.63. The molecule has 1 saturated carbocycles. The van der Waals surface area contributed by atoms with Crippen LogP contribution in [0.25, 0.3) is 11.3 Å². The first-order valence-corrected chi connectivity index (χ1v) is 13.6. The molecular weight excluding hydrogens is 454 g/mol. The number of piperidine rings is 1. The molecule has 5 rings (SSSR count). The van der Waals surface area contributed by atoms with E-state index in [2.05, 4.69) is 22.9 Å². The van der Waals surface area contributed by atoms with Gasteiger partial charge in [-0.1, -0.05) is 48.9 Å². The smallest absolute Gasteiger partial charge is 0.201 e. The third-order valence-electron chi connectivity index (χ3n) is 6.48. The molecule has 1 aromatic carbocycles. The second kappa shape index (κ2) is 9.07. The first-order chi connectivity index (χ1) is 15.9. The van der Waals surface area contributed by atoms with E-state index in [0.717, 1.165) is 30.9 Å². The fraction of sp³-hybridized carbons (Fsp3) is 0.385. The summed E-state index contributed by atoms with van der Waals surface area (Å²) < 4.78 is 26.5. The maximum Gasteiger partial charge on any atom is 0.201 e. The molecule has 2 fully saturated rings. The van der Waals surface area contributed by atoms with E-state index in [1.807, 2.05) is 24.3 Å². The minimum absolute atomic E-state index is 0.0925. The van der Waals surface area contributed by atoms with Gasteiger partial charge in [-0.15, -0.1) is 0 Å². The molecule has 3 heterocycles. The van der Waals surface area contributed by atoms with Gasteiger partial charge in [0.2, 0.25) is 9.84 Å². The molecule has 7 heteroatoms. The van der Waals surface area contributed by atoms with Crippen LogP contribution in [0.1, 0.15) is 49.8 Å². The van der Waals surface area contributed by atoms with E-state index in [9.17, 15) is 8.42 Å². The number of benzene rings is 1. The topological polar surface area (TPSA) is 63.2 Å². The highest BCUT2D eigenvalue weighted by atomic mass is 35.5. The van der Waals surface area contributed by atoms with Crippen molar-refractivity contribution in [3.05, 3.63) is 70.9 Å². The predicted molar refractivity (Wildman–Crippen MR) is 132 cm³/mol. The van der Waals surface area contributed by atoms with Gasteiger partial charge in [0.1, 0.15) is 5.82 Å². The van der Waals surface area contributed by atoms with Crippen molar-refractivity contribution in [2.75, 3.05) is 18.0 Å². The maximum atomic E-state index is 13.3. The van der Waals surface area contributed by atoms with Gasteiger partial charge in [-0.3, -0.25) is 4.98 Å². The van der Waals surface area contributed by atoms with Crippen LogP contribution >= 0.6 is 11.6 Å². The SMILES string of the molecule is C[C@H]1CCCN(c2cccc(S(=O)(=O)Cc3ccc(Cl)c(-c4ccccc4C4CC4)n3)n2)C1. The number of aromatic nitrogens is 2. The summed E-state index contributed by atoms with van der Waals surface area (Å²) in [5, 5.41) is 0.624. The Hall–Kier alpha value is -2.44. The Labute approximate surface area is 200 Å². The molecular formula is C26H28ClN3O2S. The zero-order chi connectivity index (χ0) is 23.0. The summed E-state index contributed by atoms with van der Waals surface area (Å²) in [6.07, 6.45) is 4.63. The van der Waals surface area contributed by atoms with E-state index in [0.29, 0.717) is 28.2 Å². The monoisotopic (exact) mass is 481 g/mol. The van der Waals surface area contributed by atoms with Crippen LogP contribution in [0, 0.1) is 5.92 Å². The van der Waals surface area contributed by atoms with Crippen molar-refractivity contribution in [2.24, 2.45) is 5.92 Å². The molecule has 1 atom stereocenters. The lowest BCUT2D eigenvalue weighted by Crippen LogP contribution is -2.35. The Kier molecular flexibility index (Phi) is 6.14. The van der Waals surface area contributed by atoms with Crippen molar-refractivity contribution in [3.8, 4) is 11.3 Å². The normalized spacial score (nSPS) is 19.0. The zero-order valence-corrected chi connectivity index (χ0v) is 20.3. The standard InChI is InChI=1S/C26H28ClN3O2S/c1-18-6-5-15-30(16-18)24-9-4-10-25(29-24)33(31,32)17-20-13-14-23(27)26(28-20)22-8-3-2-7-21(22)19-11-12-19/h2-4,7-10,13-14,18-19H,5-6,11-12,15-17H2,1H3/t18-/m0/s1. The van der Waals surface area contributed by atoms with Gasteiger partial charge in [0.25, 0.3) is 0 Å². The molecule has 0 unspecified atom stereocenters. The van der Waals surface area contributed by atoms with Crippen molar-refractivity contribution in [1.29, 1.82) is 0 Å². The zero-order valence-electron chi connectivity index (χ0n) is 18.7. The number of anilines is 1. The highest BCUT2D eigenvalue weighted by Crippen LogP contribution is 2.45. The molecule has 0 bridgehead atoms. The Bertz CT molecular complexity index is 1270. The largest absolute Gasteiger partial charge is 0.356 e. The van der Waals surface area contributed by atoms with E-state index < -0.39 is 9.84 Å². The van der Waals surface area contributed by atoms with E-state index in [-0.39, 0.29) is 10.8 Å². The highest BCUT2D eigenvalue weighted by Gasteiger charge is 2.27. The average Bonchev–Trinajstić information content (AvgIpc) is 3.66. The van der Waals surface area contributed by atoms with Gasteiger partial charge in [-0.25, -0.2) is 13.4 Å². The number of hydrogen-bond acceptors (Lipinski definition) is 5. The summed E-state index contributed by atoms with van der Waals surface area (Å²) >= 11 is 6.50. The summed E-state index contributed by atoms with van der Waals surface area (Å²) in [6.45, 7) is 4.03. The molecule has 0 radical (unpaired) electrons. The minimum Gasteiger partial charge on any atom is -0.356 e. The van der Waals surface area contributed by atoms with Gasteiger partial charge < -0.3 is 4.90 Å². The Morgan fingerprint density at radius 3 is 2.61 bits per heavy atom. The van der Waals surface area contributed by atoms with Crippen molar-refractivity contribution in [3.63, 3.8) is 0 Å². The van der Waals surface area contributed by atoms with Crippen LogP contribution in [-0.4, -0.2) is 31.5 Å². The molecule has 33 heavy (non-hydrogen) atoms. The number of hydrogen-bond donors (Lipinski definition) is 0. The van der Waals surface area contributed by atoms with Gasteiger partial charge in [0.15, 0.2) is 5.03 Å². The third-order valence-corrected chi connectivity index (χ3v) is 8.33. The number of pyridine rings is 2. The summed E-state index contributed by atoms with van der Waals surface area (Å²) in [5.41, 5.74) is 3.34. The summed E-state index contributed by atoms with van der Waals surface area (Å²) in [4.78, 5) is 11.4. The number of sulfone groups is 1. The second-order valence-corrected chi connectivity index (χ2v) is 11.6. The fourth-order valence-corrected chi connectivity index (χ4v) is 6.06. The number of rotatable bonds is 6. The van der Waals surface area contributed by atoms with Crippen LogP contribution < -0.4 is 4.90 Å². The van der Waals surface area contributed by atoms with Crippen LogP contribution in [0.15, 0.2) is 59.6 Å². The molecule has 1 saturated heterocycles. The summed E-state index contributed by atoms with van der Waals surface area (Å²) in [7, 11) is -3.66. The predicted octanol–water partition coefficient (Wildman–Crippen LogP) is 5.88. The maximum absolute atomic E-state index is 13.3. The van der Waals surface area contributed by atoms with Crippen molar-refractivity contribution in [1.82, 2.24) is 9.97 Å². The lowest BCUT2D eigenvalue weighted by Gasteiger charge is -2.32.